The standard InChI is InChI=1S/C18H20ClF2N3O/c1-4-24(3)11-22-14-9-12(2)10-15(17(14)19)23-13-7-5-6-8-16(13)25-18(20)21/h5-11,18,23H,4H2,1-3H3/b22-11-. The molecule has 7 heteroatoms. The maximum Gasteiger partial charge on any atom is 0.387 e. The summed E-state index contributed by atoms with van der Waals surface area (Å²) in [6.45, 7) is 1.83. The van der Waals surface area contributed by atoms with Gasteiger partial charge in [0.2, 0.25) is 0 Å². The van der Waals surface area contributed by atoms with E-state index in [-0.39, 0.29) is 5.75 Å². The second-order valence-electron chi connectivity index (χ2n) is 5.46. The van der Waals surface area contributed by atoms with Gasteiger partial charge in [0.05, 0.1) is 28.4 Å². The summed E-state index contributed by atoms with van der Waals surface area (Å²) in [5, 5.41) is 3.45. The highest BCUT2D eigenvalue weighted by molar-refractivity contribution is 6.36. The quantitative estimate of drug-likeness (QED) is 0.511. The van der Waals surface area contributed by atoms with E-state index in [9.17, 15) is 8.78 Å². The van der Waals surface area contributed by atoms with Gasteiger partial charge < -0.3 is 15.0 Å². The van der Waals surface area contributed by atoms with Crippen molar-refractivity contribution in [1.29, 1.82) is 0 Å². The van der Waals surface area contributed by atoms with E-state index < -0.39 is 6.61 Å². The van der Waals surface area contributed by atoms with E-state index in [0.29, 0.717) is 22.1 Å². The minimum absolute atomic E-state index is 0.0471. The Labute approximate surface area is 151 Å². The zero-order valence-electron chi connectivity index (χ0n) is 14.3. The number of hydrogen-bond donors (Lipinski definition) is 1. The second-order valence-corrected chi connectivity index (χ2v) is 5.84. The Bertz CT molecular complexity index is 753. The lowest BCUT2D eigenvalue weighted by Crippen LogP contribution is -2.14. The molecule has 0 saturated heterocycles. The summed E-state index contributed by atoms with van der Waals surface area (Å²) in [5.74, 6) is 0.0471. The van der Waals surface area contributed by atoms with E-state index in [2.05, 4.69) is 15.0 Å². The molecular formula is C18H20ClF2N3O. The van der Waals surface area contributed by atoms with Crippen LogP contribution in [0.25, 0.3) is 0 Å². The number of aliphatic imine (C=N–C) groups is 1. The van der Waals surface area contributed by atoms with Gasteiger partial charge in [0, 0.05) is 13.6 Å². The van der Waals surface area contributed by atoms with E-state index in [1.165, 1.54) is 6.07 Å². The van der Waals surface area contributed by atoms with Crippen LogP contribution in [0.15, 0.2) is 41.4 Å². The Morgan fingerprint density at radius 3 is 2.68 bits per heavy atom. The predicted molar refractivity (Wildman–Crippen MR) is 99.0 cm³/mol. The minimum atomic E-state index is -2.90. The maximum absolute atomic E-state index is 12.6. The average molecular weight is 368 g/mol. The van der Waals surface area contributed by atoms with E-state index in [1.807, 2.05) is 37.9 Å². The van der Waals surface area contributed by atoms with Gasteiger partial charge in [-0.2, -0.15) is 8.78 Å². The number of rotatable bonds is 7. The lowest BCUT2D eigenvalue weighted by Gasteiger charge is -2.15. The van der Waals surface area contributed by atoms with E-state index in [0.717, 1.165) is 12.1 Å². The zero-order chi connectivity index (χ0) is 18.4. The number of halogens is 3. The molecule has 0 fully saturated rings. The first-order valence-corrected chi connectivity index (χ1v) is 8.14. The molecule has 0 bridgehead atoms. The molecule has 134 valence electrons. The van der Waals surface area contributed by atoms with Crippen molar-refractivity contribution >= 4 is 35.0 Å². The van der Waals surface area contributed by atoms with Crippen LogP contribution in [0.4, 0.5) is 25.8 Å². The molecular weight excluding hydrogens is 348 g/mol. The molecule has 0 aliphatic heterocycles. The largest absolute Gasteiger partial charge is 0.433 e. The van der Waals surface area contributed by atoms with Gasteiger partial charge in [-0.1, -0.05) is 23.7 Å². The highest BCUT2D eigenvalue weighted by Gasteiger charge is 2.12. The van der Waals surface area contributed by atoms with Crippen LogP contribution >= 0.6 is 11.6 Å². The molecule has 4 nitrogen and oxygen atoms in total. The van der Waals surface area contributed by atoms with Crippen molar-refractivity contribution in [3.05, 3.63) is 47.0 Å². The number of hydrogen-bond acceptors (Lipinski definition) is 3. The summed E-state index contributed by atoms with van der Waals surface area (Å²) in [6.07, 6.45) is 1.69. The van der Waals surface area contributed by atoms with E-state index >= 15 is 0 Å². The first kappa shape index (κ1) is 19.0. The van der Waals surface area contributed by atoms with Crippen LogP contribution in [0.5, 0.6) is 5.75 Å². The smallest absolute Gasteiger partial charge is 0.387 e. The summed E-state index contributed by atoms with van der Waals surface area (Å²) < 4.78 is 29.6. The van der Waals surface area contributed by atoms with Gasteiger partial charge in [0.1, 0.15) is 5.75 Å². The number of nitrogens with zero attached hydrogens (tertiary/aromatic N) is 2. The molecule has 25 heavy (non-hydrogen) atoms. The van der Waals surface area contributed by atoms with Crippen LogP contribution < -0.4 is 10.1 Å². The molecule has 0 aliphatic carbocycles. The third-order valence-corrected chi connectivity index (χ3v) is 3.86. The molecule has 0 saturated carbocycles. The van der Waals surface area contributed by atoms with Crippen LogP contribution in [0.2, 0.25) is 5.02 Å². The third kappa shape index (κ3) is 5.32. The molecule has 0 aromatic heterocycles. The first-order valence-electron chi connectivity index (χ1n) is 7.76. The minimum Gasteiger partial charge on any atom is -0.433 e. The van der Waals surface area contributed by atoms with Crippen molar-refractivity contribution < 1.29 is 13.5 Å². The predicted octanol–water partition coefficient (Wildman–Crippen LogP) is 5.60. The number of anilines is 2. The van der Waals surface area contributed by atoms with Crippen molar-refractivity contribution in [3.63, 3.8) is 0 Å². The lowest BCUT2D eigenvalue weighted by atomic mass is 10.2. The number of benzene rings is 2. The molecule has 0 unspecified atom stereocenters. The number of aryl methyl sites for hydroxylation is 1. The van der Waals surface area contributed by atoms with Crippen molar-refractivity contribution in [2.45, 2.75) is 20.5 Å². The van der Waals surface area contributed by atoms with Crippen molar-refractivity contribution in [1.82, 2.24) is 4.90 Å². The normalized spacial score (nSPS) is 11.2. The first-order chi connectivity index (χ1) is 11.9. The fraction of sp³-hybridized carbons (Fsp3) is 0.278. The lowest BCUT2D eigenvalue weighted by molar-refractivity contribution is -0.0493. The van der Waals surface area contributed by atoms with Crippen LogP contribution in [-0.2, 0) is 0 Å². The average Bonchev–Trinajstić information content (AvgIpc) is 2.57. The van der Waals surface area contributed by atoms with Crippen molar-refractivity contribution in [3.8, 4) is 5.75 Å². The fourth-order valence-electron chi connectivity index (χ4n) is 2.09. The van der Waals surface area contributed by atoms with Crippen LogP contribution in [0.3, 0.4) is 0 Å². The third-order valence-electron chi connectivity index (χ3n) is 3.46. The van der Waals surface area contributed by atoms with Gasteiger partial charge in [-0.05, 0) is 43.7 Å². The number of para-hydroxylation sites is 2. The molecule has 2 aromatic carbocycles. The molecule has 2 aromatic rings. The van der Waals surface area contributed by atoms with E-state index in [4.69, 9.17) is 11.6 Å². The highest BCUT2D eigenvalue weighted by atomic mass is 35.5. The van der Waals surface area contributed by atoms with Crippen LogP contribution in [0.1, 0.15) is 12.5 Å². The molecule has 0 spiro atoms. The van der Waals surface area contributed by atoms with Gasteiger partial charge in [-0.15, -0.1) is 0 Å². The number of alkyl halides is 2. The Hall–Kier alpha value is -2.34. The zero-order valence-corrected chi connectivity index (χ0v) is 15.0. The van der Waals surface area contributed by atoms with Gasteiger partial charge in [-0.3, -0.25) is 0 Å². The van der Waals surface area contributed by atoms with Crippen LogP contribution in [-0.4, -0.2) is 31.4 Å². The molecule has 0 heterocycles. The molecule has 2 rings (SSSR count). The Kier molecular flexibility index (Phi) is 6.58. The van der Waals surface area contributed by atoms with Gasteiger partial charge in [0.25, 0.3) is 0 Å². The topological polar surface area (TPSA) is 36.9 Å². The fourth-order valence-corrected chi connectivity index (χ4v) is 2.30. The summed E-state index contributed by atoms with van der Waals surface area (Å²) in [4.78, 5) is 6.30. The van der Waals surface area contributed by atoms with Crippen molar-refractivity contribution in [2.24, 2.45) is 4.99 Å². The summed E-state index contributed by atoms with van der Waals surface area (Å²) >= 11 is 6.43. The molecule has 0 aliphatic rings. The van der Waals surface area contributed by atoms with Crippen LogP contribution in [0, 0.1) is 6.92 Å². The van der Waals surface area contributed by atoms with E-state index in [1.54, 1.807) is 24.5 Å². The summed E-state index contributed by atoms with van der Waals surface area (Å²) in [5.41, 5.74) is 2.50. The molecule has 1 N–H and O–H groups in total. The highest BCUT2D eigenvalue weighted by Crippen LogP contribution is 2.37. The molecule has 0 radical (unpaired) electrons. The van der Waals surface area contributed by atoms with Gasteiger partial charge in [-0.25, -0.2) is 4.99 Å². The summed E-state index contributed by atoms with van der Waals surface area (Å²) in [6, 6.07) is 10.1. The second kappa shape index (κ2) is 8.67. The Morgan fingerprint density at radius 1 is 1.28 bits per heavy atom. The van der Waals surface area contributed by atoms with Crippen molar-refractivity contribution in [2.75, 3.05) is 18.9 Å². The number of ether oxygens (including phenoxy) is 1. The Morgan fingerprint density at radius 2 is 2.00 bits per heavy atom. The molecule has 0 amide bonds. The Balaban J connectivity index is 2.35. The maximum atomic E-state index is 12.6. The summed E-state index contributed by atoms with van der Waals surface area (Å²) in [7, 11) is 1.91. The molecule has 0 atom stereocenters. The monoisotopic (exact) mass is 367 g/mol. The van der Waals surface area contributed by atoms with Gasteiger partial charge in [0.15, 0.2) is 0 Å². The SMILES string of the molecule is CCN(C)/C=N\c1cc(C)cc(Nc2ccccc2OC(F)F)c1Cl. The van der Waals surface area contributed by atoms with Gasteiger partial charge >= 0.3 is 6.61 Å². The number of nitrogens with one attached hydrogen (secondary N) is 1.